The SMILES string of the molecule is Nc1nc2c(nc(N3CCOCC3)n2[C@@H]2O[C@H](CO)[C@H](O)[C@@H]2O)c(=O)[nH]1. The predicted molar refractivity (Wildman–Crippen MR) is 88.6 cm³/mol. The normalized spacial score (nSPS) is 29.6. The number of nitrogens with two attached hydrogens (primary N) is 1. The van der Waals surface area contributed by atoms with E-state index in [-0.39, 0.29) is 17.1 Å². The molecule has 4 heterocycles. The Kier molecular flexibility index (Phi) is 4.28. The molecule has 0 radical (unpaired) electrons. The van der Waals surface area contributed by atoms with Gasteiger partial charge in [0, 0.05) is 13.1 Å². The molecule has 2 aromatic rings. The number of aliphatic hydroxyl groups excluding tert-OH is 3. The first-order valence-electron chi connectivity index (χ1n) is 8.24. The van der Waals surface area contributed by atoms with Crippen molar-refractivity contribution < 1.29 is 24.8 Å². The standard InChI is InChI=1S/C14H20N6O6/c15-13-17-10-7(11(24)18-13)16-14(19-1-3-25-4-2-19)20(10)12-9(23)8(22)6(5-21)26-12/h6,8-9,12,21-23H,1-5H2,(H3,15,17,18,24)/t6-,8+,9+,12-/m1/s1. The van der Waals surface area contributed by atoms with Crippen LogP contribution in [0, 0.1) is 0 Å². The van der Waals surface area contributed by atoms with Crippen LogP contribution in [-0.4, -0.2) is 86.1 Å². The smallest absolute Gasteiger partial charge is 0.280 e. The number of hydrogen-bond acceptors (Lipinski definition) is 10. The highest BCUT2D eigenvalue weighted by molar-refractivity contribution is 5.75. The van der Waals surface area contributed by atoms with Crippen molar-refractivity contribution in [2.24, 2.45) is 0 Å². The summed E-state index contributed by atoms with van der Waals surface area (Å²) in [5.41, 5.74) is 5.31. The Labute approximate surface area is 146 Å². The number of nitrogens with one attached hydrogen (secondary N) is 1. The third-order valence-corrected chi connectivity index (χ3v) is 4.62. The number of nitrogens with zero attached hydrogens (tertiary/aromatic N) is 4. The lowest BCUT2D eigenvalue weighted by Crippen LogP contribution is -2.39. The van der Waals surface area contributed by atoms with Gasteiger partial charge in [0.2, 0.25) is 11.9 Å². The van der Waals surface area contributed by atoms with Gasteiger partial charge in [0.05, 0.1) is 19.8 Å². The average Bonchev–Trinajstić information content (AvgIpc) is 3.14. The fourth-order valence-corrected chi connectivity index (χ4v) is 3.30. The van der Waals surface area contributed by atoms with Crippen LogP contribution in [0.1, 0.15) is 6.23 Å². The van der Waals surface area contributed by atoms with Crippen molar-refractivity contribution in [1.82, 2.24) is 19.5 Å². The van der Waals surface area contributed by atoms with E-state index in [1.54, 1.807) is 0 Å². The van der Waals surface area contributed by atoms with Gasteiger partial charge in [-0.2, -0.15) is 4.98 Å². The summed E-state index contributed by atoms with van der Waals surface area (Å²) in [5, 5.41) is 29.9. The first kappa shape index (κ1) is 17.2. The molecule has 12 nitrogen and oxygen atoms in total. The zero-order valence-corrected chi connectivity index (χ0v) is 13.8. The van der Waals surface area contributed by atoms with Crippen LogP contribution in [0.25, 0.3) is 11.2 Å². The first-order valence-corrected chi connectivity index (χ1v) is 8.24. The lowest BCUT2D eigenvalue weighted by molar-refractivity contribution is -0.0506. The monoisotopic (exact) mass is 368 g/mol. The summed E-state index contributed by atoms with van der Waals surface area (Å²) in [6.07, 6.45) is -4.69. The first-order chi connectivity index (χ1) is 12.5. The van der Waals surface area contributed by atoms with Gasteiger partial charge < -0.3 is 35.4 Å². The predicted octanol–water partition coefficient (Wildman–Crippen LogP) is -2.85. The summed E-state index contributed by atoms with van der Waals surface area (Å²) in [5.74, 6) is 0.241. The van der Waals surface area contributed by atoms with Crippen LogP contribution >= 0.6 is 0 Å². The number of H-pyrrole nitrogens is 1. The van der Waals surface area contributed by atoms with E-state index >= 15 is 0 Å². The molecule has 0 unspecified atom stereocenters. The van der Waals surface area contributed by atoms with Gasteiger partial charge in [-0.1, -0.05) is 0 Å². The lowest BCUT2D eigenvalue weighted by Gasteiger charge is -2.30. The van der Waals surface area contributed by atoms with E-state index in [0.29, 0.717) is 32.3 Å². The molecule has 2 aliphatic rings. The van der Waals surface area contributed by atoms with Gasteiger partial charge in [0.1, 0.15) is 18.3 Å². The lowest BCUT2D eigenvalue weighted by atomic mass is 10.1. The van der Waals surface area contributed by atoms with Crippen LogP contribution in [0.5, 0.6) is 0 Å². The summed E-state index contributed by atoms with van der Waals surface area (Å²) in [4.78, 5) is 25.0. The van der Waals surface area contributed by atoms with E-state index in [2.05, 4.69) is 15.0 Å². The zero-order valence-electron chi connectivity index (χ0n) is 13.8. The van der Waals surface area contributed by atoms with E-state index < -0.39 is 36.7 Å². The highest BCUT2D eigenvalue weighted by Gasteiger charge is 2.45. The Morgan fingerprint density at radius 1 is 1.23 bits per heavy atom. The number of ether oxygens (including phenoxy) is 2. The van der Waals surface area contributed by atoms with Gasteiger partial charge in [0.15, 0.2) is 17.4 Å². The second-order valence-corrected chi connectivity index (χ2v) is 6.23. The molecule has 4 rings (SSSR count). The fraction of sp³-hybridized carbons (Fsp3) is 0.643. The molecule has 0 amide bonds. The largest absolute Gasteiger partial charge is 0.394 e. The second kappa shape index (κ2) is 6.48. The molecule has 0 aliphatic carbocycles. The molecule has 2 aromatic heterocycles. The number of fused-ring (bicyclic) bond motifs is 1. The van der Waals surface area contributed by atoms with Crippen molar-refractivity contribution in [2.75, 3.05) is 43.5 Å². The molecular weight excluding hydrogens is 348 g/mol. The van der Waals surface area contributed by atoms with E-state index in [4.69, 9.17) is 15.2 Å². The van der Waals surface area contributed by atoms with Crippen molar-refractivity contribution in [1.29, 1.82) is 0 Å². The molecule has 0 bridgehead atoms. The molecule has 2 saturated heterocycles. The van der Waals surface area contributed by atoms with Crippen LogP contribution in [-0.2, 0) is 9.47 Å². The van der Waals surface area contributed by atoms with Gasteiger partial charge in [-0.15, -0.1) is 0 Å². The van der Waals surface area contributed by atoms with Gasteiger partial charge >= 0.3 is 0 Å². The Hall–Kier alpha value is -2.25. The zero-order chi connectivity index (χ0) is 18.4. The number of aromatic nitrogens is 4. The molecule has 4 atom stereocenters. The Bertz CT molecular complexity index is 861. The summed E-state index contributed by atoms with van der Waals surface area (Å²) in [6, 6.07) is 0. The summed E-state index contributed by atoms with van der Waals surface area (Å²) in [7, 11) is 0. The minimum atomic E-state index is -1.34. The average molecular weight is 368 g/mol. The topological polar surface area (TPSA) is 172 Å². The van der Waals surface area contributed by atoms with Crippen LogP contribution < -0.4 is 16.2 Å². The molecule has 0 aromatic carbocycles. The molecule has 0 spiro atoms. The number of rotatable bonds is 3. The number of hydrogen-bond donors (Lipinski definition) is 5. The van der Waals surface area contributed by atoms with Crippen molar-refractivity contribution in [3.05, 3.63) is 10.4 Å². The molecule has 12 heteroatoms. The molecule has 142 valence electrons. The maximum Gasteiger partial charge on any atom is 0.280 e. The number of aromatic amines is 1. The minimum Gasteiger partial charge on any atom is -0.394 e. The van der Waals surface area contributed by atoms with Crippen LogP contribution in [0.2, 0.25) is 0 Å². The van der Waals surface area contributed by atoms with Crippen molar-refractivity contribution in [2.45, 2.75) is 24.5 Å². The number of nitrogen functional groups attached to an aromatic ring is 1. The number of morpholine rings is 1. The third-order valence-electron chi connectivity index (χ3n) is 4.62. The van der Waals surface area contributed by atoms with Crippen LogP contribution in [0.15, 0.2) is 4.79 Å². The minimum absolute atomic E-state index is 0.0402. The highest BCUT2D eigenvalue weighted by atomic mass is 16.6. The Balaban J connectivity index is 1.89. The summed E-state index contributed by atoms with van der Waals surface area (Å²) in [6.45, 7) is 1.53. The highest BCUT2D eigenvalue weighted by Crippen LogP contribution is 2.35. The van der Waals surface area contributed by atoms with E-state index in [1.165, 1.54) is 4.57 Å². The fourth-order valence-electron chi connectivity index (χ4n) is 3.30. The molecule has 0 saturated carbocycles. The van der Waals surface area contributed by atoms with E-state index in [1.807, 2.05) is 4.90 Å². The Morgan fingerprint density at radius 3 is 2.62 bits per heavy atom. The molecule has 2 fully saturated rings. The maximum atomic E-state index is 12.2. The van der Waals surface area contributed by atoms with Crippen molar-refractivity contribution >= 4 is 23.1 Å². The molecule has 2 aliphatic heterocycles. The number of anilines is 2. The summed E-state index contributed by atoms with van der Waals surface area (Å²) >= 11 is 0. The van der Waals surface area contributed by atoms with Crippen LogP contribution in [0.4, 0.5) is 11.9 Å². The van der Waals surface area contributed by atoms with Crippen molar-refractivity contribution in [3.8, 4) is 0 Å². The van der Waals surface area contributed by atoms with E-state index in [9.17, 15) is 20.1 Å². The number of aliphatic hydroxyl groups is 3. The quantitative estimate of drug-likeness (QED) is 0.379. The van der Waals surface area contributed by atoms with Gasteiger partial charge in [-0.05, 0) is 0 Å². The van der Waals surface area contributed by atoms with Crippen molar-refractivity contribution in [3.63, 3.8) is 0 Å². The van der Waals surface area contributed by atoms with Gasteiger partial charge in [-0.25, -0.2) is 4.98 Å². The Morgan fingerprint density at radius 2 is 1.96 bits per heavy atom. The maximum absolute atomic E-state index is 12.2. The van der Waals surface area contributed by atoms with Crippen LogP contribution in [0.3, 0.4) is 0 Å². The summed E-state index contributed by atoms with van der Waals surface area (Å²) < 4.78 is 12.4. The molecule has 26 heavy (non-hydrogen) atoms. The molecule has 6 N–H and O–H groups in total. The van der Waals surface area contributed by atoms with E-state index in [0.717, 1.165) is 0 Å². The molecular formula is C14H20N6O6. The van der Waals surface area contributed by atoms with Gasteiger partial charge in [-0.3, -0.25) is 14.3 Å². The number of imidazole rings is 1. The second-order valence-electron chi connectivity index (χ2n) is 6.23. The van der Waals surface area contributed by atoms with Gasteiger partial charge in [0.25, 0.3) is 5.56 Å². The third kappa shape index (κ3) is 2.62.